The van der Waals surface area contributed by atoms with Gasteiger partial charge in [0.1, 0.15) is 0 Å². The number of nitrogens with two attached hydrogens (primary N) is 1. The van der Waals surface area contributed by atoms with Crippen molar-refractivity contribution in [2.24, 2.45) is 16.8 Å². The maximum Gasteiger partial charge on any atom is 0.156 e. The predicted molar refractivity (Wildman–Crippen MR) is 61.2 cm³/mol. The molecule has 5 heteroatoms. The Balaban J connectivity index is 3.69. The van der Waals surface area contributed by atoms with Crippen LogP contribution in [-0.4, -0.2) is 48.8 Å². The summed E-state index contributed by atoms with van der Waals surface area (Å²) in [6.45, 7) is 8.32. The molecule has 0 heterocycles. The van der Waals surface area contributed by atoms with Gasteiger partial charge in [0, 0.05) is 13.2 Å². The van der Waals surface area contributed by atoms with Crippen molar-refractivity contribution in [1.82, 2.24) is 4.90 Å². The Morgan fingerprint density at radius 3 is 2.53 bits per heavy atom. The molecule has 0 radical (unpaired) electrons. The number of rotatable bonds is 7. The number of ether oxygens (including phenoxy) is 1. The van der Waals surface area contributed by atoms with Crippen molar-refractivity contribution >= 4 is 5.84 Å². The van der Waals surface area contributed by atoms with Crippen LogP contribution in [-0.2, 0) is 4.74 Å². The first kappa shape index (κ1) is 14.2. The molecule has 1 atom stereocenters. The van der Waals surface area contributed by atoms with Gasteiger partial charge in [0.15, 0.2) is 5.84 Å². The van der Waals surface area contributed by atoms with Crippen molar-refractivity contribution < 1.29 is 9.94 Å². The summed E-state index contributed by atoms with van der Waals surface area (Å²) in [6, 6.07) is -0.0716. The second kappa shape index (κ2) is 7.48. The van der Waals surface area contributed by atoms with Crippen molar-refractivity contribution in [3.05, 3.63) is 0 Å². The highest BCUT2D eigenvalue weighted by molar-refractivity contribution is 5.84. The van der Waals surface area contributed by atoms with Gasteiger partial charge in [-0.25, -0.2) is 0 Å². The van der Waals surface area contributed by atoms with Crippen LogP contribution < -0.4 is 5.73 Å². The van der Waals surface area contributed by atoms with Crippen LogP contribution in [0.5, 0.6) is 0 Å². The standard InChI is InChI=1S/C10H23N3O2/c1-8(2)7-15-6-5-13(4)9(3)10(11)12-14/h8-9,14H,5-7H2,1-4H3,(H2,11,12). The van der Waals surface area contributed by atoms with Crippen molar-refractivity contribution in [2.45, 2.75) is 26.8 Å². The quantitative estimate of drug-likeness (QED) is 0.217. The Labute approximate surface area is 91.9 Å². The molecule has 0 spiro atoms. The summed E-state index contributed by atoms with van der Waals surface area (Å²) in [5.41, 5.74) is 5.49. The summed E-state index contributed by atoms with van der Waals surface area (Å²) in [4.78, 5) is 1.98. The maximum absolute atomic E-state index is 8.50. The minimum absolute atomic E-state index is 0.0716. The zero-order chi connectivity index (χ0) is 11.8. The smallest absolute Gasteiger partial charge is 0.156 e. The molecule has 0 bridgehead atoms. The maximum atomic E-state index is 8.50. The highest BCUT2D eigenvalue weighted by Gasteiger charge is 2.12. The van der Waals surface area contributed by atoms with Crippen molar-refractivity contribution in [2.75, 3.05) is 26.8 Å². The molecule has 90 valence electrons. The monoisotopic (exact) mass is 217 g/mol. The van der Waals surface area contributed by atoms with Crippen LogP contribution in [0.25, 0.3) is 0 Å². The van der Waals surface area contributed by atoms with E-state index in [2.05, 4.69) is 19.0 Å². The summed E-state index contributed by atoms with van der Waals surface area (Å²) in [6.07, 6.45) is 0. The first-order chi connectivity index (χ1) is 6.99. The Kier molecular flexibility index (Phi) is 7.07. The van der Waals surface area contributed by atoms with E-state index in [4.69, 9.17) is 15.7 Å². The molecule has 0 aliphatic heterocycles. The zero-order valence-electron chi connectivity index (χ0n) is 10.1. The van der Waals surface area contributed by atoms with E-state index in [9.17, 15) is 0 Å². The van der Waals surface area contributed by atoms with Crippen LogP contribution in [0.3, 0.4) is 0 Å². The summed E-state index contributed by atoms with van der Waals surface area (Å²) < 4.78 is 5.44. The first-order valence-electron chi connectivity index (χ1n) is 5.24. The highest BCUT2D eigenvalue weighted by atomic mass is 16.5. The topological polar surface area (TPSA) is 71.1 Å². The van der Waals surface area contributed by atoms with Crippen molar-refractivity contribution in [1.29, 1.82) is 0 Å². The lowest BCUT2D eigenvalue weighted by molar-refractivity contribution is 0.0886. The fraction of sp³-hybridized carbons (Fsp3) is 0.900. The lowest BCUT2D eigenvalue weighted by Crippen LogP contribution is -2.42. The lowest BCUT2D eigenvalue weighted by Gasteiger charge is -2.23. The van der Waals surface area contributed by atoms with Crippen molar-refractivity contribution in [3.63, 3.8) is 0 Å². The molecule has 0 fully saturated rings. The Morgan fingerprint density at radius 2 is 2.07 bits per heavy atom. The van der Waals surface area contributed by atoms with E-state index >= 15 is 0 Å². The summed E-state index contributed by atoms with van der Waals surface area (Å²) in [7, 11) is 1.92. The first-order valence-corrected chi connectivity index (χ1v) is 5.24. The number of nitrogens with zero attached hydrogens (tertiary/aromatic N) is 2. The third-order valence-corrected chi connectivity index (χ3v) is 2.24. The molecule has 0 saturated heterocycles. The Bertz CT molecular complexity index is 195. The van der Waals surface area contributed by atoms with Gasteiger partial charge in [-0.2, -0.15) is 0 Å². The average molecular weight is 217 g/mol. The molecule has 15 heavy (non-hydrogen) atoms. The van der Waals surface area contributed by atoms with Gasteiger partial charge in [-0.05, 0) is 19.9 Å². The number of hydrogen-bond acceptors (Lipinski definition) is 4. The minimum Gasteiger partial charge on any atom is -0.409 e. The van der Waals surface area contributed by atoms with Gasteiger partial charge in [-0.15, -0.1) is 0 Å². The van der Waals surface area contributed by atoms with E-state index in [1.807, 2.05) is 18.9 Å². The van der Waals surface area contributed by atoms with Gasteiger partial charge in [0.25, 0.3) is 0 Å². The Morgan fingerprint density at radius 1 is 1.47 bits per heavy atom. The average Bonchev–Trinajstić information content (AvgIpc) is 2.21. The molecule has 0 aromatic carbocycles. The van der Waals surface area contributed by atoms with Crippen LogP contribution >= 0.6 is 0 Å². The van der Waals surface area contributed by atoms with E-state index in [1.54, 1.807) is 0 Å². The van der Waals surface area contributed by atoms with Crippen LogP contribution in [0.2, 0.25) is 0 Å². The lowest BCUT2D eigenvalue weighted by atomic mass is 10.2. The Hall–Kier alpha value is -0.810. The zero-order valence-corrected chi connectivity index (χ0v) is 10.1. The molecule has 1 unspecified atom stereocenters. The summed E-state index contributed by atoms with van der Waals surface area (Å²) in [5.74, 6) is 0.776. The summed E-state index contributed by atoms with van der Waals surface area (Å²) >= 11 is 0. The number of hydrogen-bond donors (Lipinski definition) is 2. The highest BCUT2D eigenvalue weighted by Crippen LogP contribution is 1.97. The minimum atomic E-state index is -0.0716. The molecule has 0 saturated carbocycles. The van der Waals surface area contributed by atoms with Gasteiger partial charge in [0.2, 0.25) is 0 Å². The van der Waals surface area contributed by atoms with Gasteiger partial charge in [0.05, 0.1) is 12.6 Å². The molecule has 0 aliphatic rings. The third kappa shape index (κ3) is 6.30. The molecule has 0 aromatic rings. The normalized spacial score (nSPS) is 14.9. The van der Waals surface area contributed by atoms with Crippen molar-refractivity contribution in [3.8, 4) is 0 Å². The molecule has 0 aromatic heterocycles. The number of oxime groups is 1. The van der Waals surface area contributed by atoms with E-state index in [0.717, 1.165) is 13.2 Å². The number of likely N-dealkylation sites (N-methyl/N-ethyl adjacent to an activating group) is 1. The SMILES string of the molecule is CC(C)COCCN(C)C(C)C(N)=NO. The van der Waals surface area contributed by atoms with E-state index in [0.29, 0.717) is 12.5 Å². The van der Waals surface area contributed by atoms with Crippen LogP contribution in [0, 0.1) is 5.92 Å². The third-order valence-electron chi connectivity index (χ3n) is 2.24. The fourth-order valence-corrected chi connectivity index (χ4v) is 1.03. The molecule has 3 N–H and O–H groups in total. The molecule has 0 rings (SSSR count). The second-order valence-electron chi connectivity index (χ2n) is 4.15. The van der Waals surface area contributed by atoms with Gasteiger partial charge >= 0.3 is 0 Å². The number of amidine groups is 1. The van der Waals surface area contributed by atoms with Gasteiger partial charge < -0.3 is 15.7 Å². The van der Waals surface area contributed by atoms with Crippen LogP contribution in [0.15, 0.2) is 5.16 Å². The van der Waals surface area contributed by atoms with Crippen LogP contribution in [0.4, 0.5) is 0 Å². The molecular formula is C10H23N3O2. The fourth-order valence-electron chi connectivity index (χ4n) is 1.03. The van der Waals surface area contributed by atoms with Gasteiger partial charge in [-0.3, -0.25) is 4.90 Å². The van der Waals surface area contributed by atoms with E-state index in [1.165, 1.54) is 0 Å². The molecule has 0 aliphatic carbocycles. The second-order valence-corrected chi connectivity index (χ2v) is 4.15. The molecular weight excluding hydrogens is 194 g/mol. The van der Waals surface area contributed by atoms with Crippen LogP contribution in [0.1, 0.15) is 20.8 Å². The van der Waals surface area contributed by atoms with E-state index < -0.39 is 0 Å². The van der Waals surface area contributed by atoms with E-state index in [-0.39, 0.29) is 11.9 Å². The predicted octanol–water partition coefficient (Wildman–Crippen LogP) is 0.726. The van der Waals surface area contributed by atoms with Gasteiger partial charge in [-0.1, -0.05) is 19.0 Å². The molecule has 5 nitrogen and oxygen atoms in total. The largest absolute Gasteiger partial charge is 0.409 e. The molecule has 0 amide bonds. The summed E-state index contributed by atoms with van der Waals surface area (Å²) in [5, 5.41) is 11.5.